The molecule has 0 unspecified atom stereocenters. The number of nitrogens with zero attached hydrogens (tertiary/aromatic N) is 4. The number of carbonyl (C=O) groups excluding carboxylic acids is 1. The Hall–Kier alpha value is -3.42. The number of hydrogen-bond donors (Lipinski definition) is 0. The molecule has 0 spiro atoms. The summed E-state index contributed by atoms with van der Waals surface area (Å²) < 4.78 is 11.5. The number of piperazine rings is 1. The van der Waals surface area contributed by atoms with Gasteiger partial charge >= 0.3 is 0 Å². The Bertz CT molecular complexity index is 1160. The molecule has 7 heteroatoms. The number of methoxy groups -OCH3 is 1. The molecule has 7 nitrogen and oxygen atoms in total. The summed E-state index contributed by atoms with van der Waals surface area (Å²) in [5.41, 5.74) is 3.21. The predicted molar refractivity (Wildman–Crippen MR) is 148 cm³/mol. The molecule has 5 rings (SSSR count). The van der Waals surface area contributed by atoms with Crippen LogP contribution < -0.4 is 9.47 Å². The number of para-hydroxylation sites is 1. The van der Waals surface area contributed by atoms with Crippen LogP contribution in [0, 0.1) is 5.92 Å². The van der Waals surface area contributed by atoms with Crippen LogP contribution in [0.3, 0.4) is 0 Å². The van der Waals surface area contributed by atoms with E-state index in [0.29, 0.717) is 30.4 Å². The molecule has 200 valence electrons. The van der Waals surface area contributed by atoms with E-state index < -0.39 is 0 Å². The Labute approximate surface area is 226 Å². The van der Waals surface area contributed by atoms with Crippen molar-refractivity contribution in [2.75, 3.05) is 53.0 Å². The van der Waals surface area contributed by atoms with E-state index >= 15 is 0 Å². The Kier molecular flexibility index (Phi) is 8.89. The number of piperidine rings is 1. The van der Waals surface area contributed by atoms with Crippen LogP contribution in [0.25, 0.3) is 0 Å². The number of aromatic nitrogens is 1. The van der Waals surface area contributed by atoms with Crippen LogP contribution in [0.15, 0.2) is 73.1 Å². The molecule has 2 fully saturated rings. The number of hydrogen-bond acceptors (Lipinski definition) is 6. The smallest absolute Gasteiger partial charge is 0.257 e. The van der Waals surface area contributed by atoms with Crippen molar-refractivity contribution in [2.45, 2.75) is 25.9 Å². The van der Waals surface area contributed by atoms with Crippen molar-refractivity contribution in [3.8, 4) is 11.5 Å². The maximum Gasteiger partial charge on any atom is 0.257 e. The van der Waals surface area contributed by atoms with E-state index in [9.17, 15) is 4.79 Å². The molecule has 2 saturated heterocycles. The lowest BCUT2D eigenvalue weighted by molar-refractivity contribution is 0.0630. The molecular formula is C31H38N4O3. The minimum atomic E-state index is 0.0365. The number of carbonyl (C=O) groups is 1. The Morgan fingerprint density at radius 3 is 2.34 bits per heavy atom. The quantitative estimate of drug-likeness (QED) is 0.424. The van der Waals surface area contributed by atoms with Gasteiger partial charge in [-0.2, -0.15) is 0 Å². The molecule has 0 bridgehead atoms. The van der Waals surface area contributed by atoms with Gasteiger partial charge in [-0.1, -0.05) is 30.3 Å². The standard InChI is InChI=1S/C31H38N4O3/c1-37-30-9-3-2-8-29(30)31(36)35-15-5-7-27(23-35)24-38-28-12-10-25(11-13-28)21-33-16-18-34(19-17-33)22-26-6-4-14-32-20-26/h2-4,6,8-14,20,27H,5,7,15-19,21-24H2,1H3/t27-/m0/s1. The van der Waals surface area contributed by atoms with Crippen LogP contribution in [-0.4, -0.2) is 78.6 Å². The van der Waals surface area contributed by atoms with E-state index in [0.717, 1.165) is 64.4 Å². The van der Waals surface area contributed by atoms with Crippen molar-refractivity contribution in [1.29, 1.82) is 0 Å². The second-order valence-electron chi connectivity index (χ2n) is 10.3. The lowest BCUT2D eigenvalue weighted by atomic mass is 9.98. The number of benzene rings is 2. The number of pyridine rings is 1. The number of ether oxygens (including phenoxy) is 2. The van der Waals surface area contributed by atoms with Crippen LogP contribution >= 0.6 is 0 Å². The summed E-state index contributed by atoms with van der Waals surface area (Å²) >= 11 is 0. The van der Waals surface area contributed by atoms with Gasteiger partial charge in [0.2, 0.25) is 0 Å². The fourth-order valence-electron chi connectivity index (χ4n) is 5.40. The highest BCUT2D eigenvalue weighted by Gasteiger charge is 2.26. The lowest BCUT2D eigenvalue weighted by Gasteiger charge is -2.34. The summed E-state index contributed by atoms with van der Waals surface area (Å²) in [6.45, 7) is 8.34. The molecule has 38 heavy (non-hydrogen) atoms. The summed E-state index contributed by atoms with van der Waals surface area (Å²) in [5, 5.41) is 0. The minimum absolute atomic E-state index is 0.0365. The summed E-state index contributed by atoms with van der Waals surface area (Å²) in [5.74, 6) is 1.88. The van der Waals surface area contributed by atoms with Gasteiger partial charge in [-0.05, 0) is 54.3 Å². The zero-order chi connectivity index (χ0) is 26.2. The zero-order valence-electron chi connectivity index (χ0n) is 22.3. The van der Waals surface area contributed by atoms with E-state index in [2.05, 4.69) is 45.1 Å². The highest BCUT2D eigenvalue weighted by atomic mass is 16.5. The third-order valence-corrected chi connectivity index (χ3v) is 7.55. The van der Waals surface area contributed by atoms with Crippen molar-refractivity contribution in [3.05, 3.63) is 89.7 Å². The van der Waals surface area contributed by atoms with E-state index in [1.807, 2.05) is 47.6 Å². The molecule has 0 saturated carbocycles. The molecule has 1 amide bonds. The van der Waals surface area contributed by atoms with Crippen LogP contribution in [0.4, 0.5) is 0 Å². The van der Waals surface area contributed by atoms with Crippen molar-refractivity contribution in [1.82, 2.24) is 19.7 Å². The number of amides is 1. The predicted octanol–water partition coefficient (Wildman–Crippen LogP) is 4.34. The van der Waals surface area contributed by atoms with Crippen LogP contribution in [-0.2, 0) is 13.1 Å². The summed E-state index contributed by atoms with van der Waals surface area (Å²) in [4.78, 5) is 24.3. The highest BCUT2D eigenvalue weighted by Crippen LogP contribution is 2.24. The van der Waals surface area contributed by atoms with Gasteiger partial charge in [0.25, 0.3) is 5.91 Å². The van der Waals surface area contributed by atoms with E-state index in [1.165, 1.54) is 11.1 Å². The first-order chi connectivity index (χ1) is 18.7. The molecule has 0 radical (unpaired) electrons. The first-order valence-corrected chi connectivity index (χ1v) is 13.7. The van der Waals surface area contributed by atoms with Gasteiger partial charge in [0.1, 0.15) is 11.5 Å². The van der Waals surface area contributed by atoms with Gasteiger partial charge < -0.3 is 14.4 Å². The third kappa shape index (κ3) is 6.91. The Morgan fingerprint density at radius 1 is 0.895 bits per heavy atom. The molecule has 0 N–H and O–H groups in total. The van der Waals surface area contributed by atoms with E-state index in [-0.39, 0.29) is 5.91 Å². The molecule has 2 aromatic carbocycles. The fourth-order valence-corrected chi connectivity index (χ4v) is 5.40. The Morgan fingerprint density at radius 2 is 1.63 bits per heavy atom. The molecular weight excluding hydrogens is 476 g/mol. The molecule has 2 aliphatic heterocycles. The van der Waals surface area contributed by atoms with Gasteiger partial charge in [-0.15, -0.1) is 0 Å². The first kappa shape index (κ1) is 26.2. The molecule has 1 atom stereocenters. The SMILES string of the molecule is COc1ccccc1C(=O)N1CCC[C@H](COc2ccc(CN3CCN(Cc4cccnc4)CC3)cc2)C1. The molecule has 1 aromatic heterocycles. The molecule has 3 aromatic rings. The first-order valence-electron chi connectivity index (χ1n) is 13.7. The van der Waals surface area contributed by atoms with E-state index in [4.69, 9.17) is 9.47 Å². The fraction of sp³-hybridized carbons (Fsp3) is 0.419. The van der Waals surface area contributed by atoms with Crippen LogP contribution in [0.1, 0.15) is 34.3 Å². The van der Waals surface area contributed by atoms with Crippen LogP contribution in [0.2, 0.25) is 0 Å². The average Bonchev–Trinajstić information content (AvgIpc) is 2.98. The van der Waals surface area contributed by atoms with Gasteiger partial charge in [-0.3, -0.25) is 19.6 Å². The maximum atomic E-state index is 13.1. The van der Waals surface area contributed by atoms with Crippen molar-refractivity contribution in [2.24, 2.45) is 5.92 Å². The average molecular weight is 515 g/mol. The summed E-state index contributed by atoms with van der Waals surface area (Å²) in [6, 6.07) is 20.1. The van der Waals surface area contributed by atoms with Crippen molar-refractivity contribution in [3.63, 3.8) is 0 Å². The number of rotatable bonds is 9. The Balaban J connectivity index is 1.06. The number of likely N-dealkylation sites (tertiary alicyclic amines) is 1. The zero-order valence-corrected chi connectivity index (χ0v) is 22.3. The summed E-state index contributed by atoms with van der Waals surface area (Å²) in [7, 11) is 1.61. The molecule has 0 aliphatic carbocycles. The van der Waals surface area contributed by atoms with Crippen molar-refractivity contribution >= 4 is 5.91 Å². The largest absolute Gasteiger partial charge is 0.496 e. The van der Waals surface area contributed by atoms with Gasteiger partial charge in [0, 0.05) is 70.7 Å². The summed E-state index contributed by atoms with van der Waals surface area (Å²) in [6.07, 6.45) is 5.85. The second kappa shape index (κ2) is 12.9. The van der Waals surface area contributed by atoms with Gasteiger partial charge in [-0.25, -0.2) is 0 Å². The van der Waals surface area contributed by atoms with E-state index in [1.54, 1.807) is 7.11 Å². The molecule has 3 heterocycles. The second-order valence-corrected chi connectivity index (χ2v) is 10.3. The van der Waals surface area contributed by atoms with Crippen molar-refractivity contribution < 1.29 is 14.3 Å². The van der Waals surface area contributed by atoms with Gasteiger partial charge in [0.05, 0.1) is 19.3 Å². The highest BCUT2D eigenvalue weighted by molar-refractivity contribution is 5.97. The maximum absolute atomic E-state index is 13.1. The lowest BCUT2D eigenvalue weighted by Crippen LogP contribution is -2.45. The van der Waals surface area contributed by atoms with Crippen LogP contribution in [0.5, 0.6) is 11.5 Å². The third-order valence-electron chi connectivity index (χ3n) is 7.55. The molecule has 2 aliphatic rings. The topological polar surface area (TPSA) is 58.1 Å². The minimum Gasteiger partial charge on any atom is -0.496 e. The normalized spacial score (nSPS) is 18.8. The monoisotopic (exact) mass is 514 g/mol. The van der Waals surface area contributed by atoms with Gasteiger partial charge in [0.15, 0.2) is 0 Å².